The van der Waals surface area contributed by atoms with Crippen molar-refractivity contribution < 1.29 is 13.5 Å². The lowest BCUT2D eigenvalue weighted by atomic mass is 10.2. The molecule has 0 spiro atoms. The van der Waals surface area contributed by atoms with Crippen LogP contribution in [-0.4, -0.2) is 19.6 Å². The molecule has 0 aliphatic carbocycles. The van der Waals surface area contributed by atoms with Gasteiger partial charge in [-0.25, -0.2) is 8.42 Å². The van der Waals surface area contributed by atoms with Crippen LogP contribution >= 0.6 is 0 Å². The number of aliphatic hydroxyl groups excluding tert-OH is 1. The number of rotatable bonds is 5. The fourth-order valence-corrected chi connectivity index (χ4v) is 3.30. The summed E-state index contributed by atoms with van der Waals surface area (Å²) in [6, 6.07) is 6.59. The fraction of sp³-hybridized carbons (Fsp3) is 0.333. The van der Waals surface area contributed by atoms with Crippen LogP contribution < -0.4 is 0 Å². The van der Waals surface area contributed by atoms with Gasteiger partial charge in [-0.05, 0) is 38.5 Å². The van der Waals surface area contributed by atoms with Crippen molar-refractivity contribution in [2.45, 2.75) is 38.2 Å². The molecule has 1 atom stereocenters. The highest BCUT2D eigenvalue weighted by Gasteiger charge is 2.25. The van der Waals surface area contributed by atoms with Crippen molar-refractivity contribution in [2.24, 2.45) is 0 Å². The average Bonchev–Trinajstić information content (AvgIpc) is 2.35. The van der Waals surface area contributed by atoms with Crippen molar-refractivity contribution in [2.75, 3.05) is 0 Å². The number of aryl methyl sites for hydroxylation is 1. The third-order valence-corrected chi connectivity index (χ3v) is 4.65. The quantitative estimate of drug-likeness (QED) is 0.844. The van der Waals surface area contributed by atoms with Crippen LogP contribution in [0.1, 0.15) is 25.8 Å². The molecular formula is C15H20O3S. The van der Waals surface area contributed by atoms with E-state index in [0.717, 1.165) is 5.56 Å². The van der Waals surface area contributed by atoms with Crippen molar-refractivity contribution in [1.82, 2.24) is 0 Å². The molecule has 0 saturated heterocycles. The van der Waals surface area contributed by atoms with Gasteiger partial charge in [-0.2, -0.15) is 0 Å². The van der Waals surface area contributed by atoms with Crippen LogP contribution in [0.3, 0.4) is 0 Å². The van der Waals surface area contributed by atoms with E-state index in [9.17, 15) is 13.5 Å². The molecule has 0 saturated carbocycles. The molecule has 0 radical (unpaired) electrons. The first kappa shape index (κ1) is 15.7. The Morgan fingerprint density at radius 1 is 1.37 bits per heavy atom. The molecule has 0 unspecified atom stereocenters. The van der Waals surface area contributed by atoms with Crippen LogP contribution in [0.2, 0.25) is 0 Å². The van der Waals surface area contributed by atoms with Gasteiger partial charge in [-0.3, -0.25) is 0 Å². The lowest BCUT2D eigenvalue weighted by Crippen LogP contribution is -2.18. The van der Waals surface area contributed by atoms with E-state index in [1.807, 2.05) is 6.92 Å². The smallest absolute Gasteiger partial charge is 0.205 e. The largest absolute Gasteiger partial charge is 0.388 e. The lowest BCUT2D eigenvalue weighted by molar-refractivity contribution is 0.214. The molecule has 0 heterocycles. The van der Waals surface area contributed by atoms with Crippen molar-refractivity contribution in [1.29, 1.82) is 0 Å². The summed E-state index contributed by atoms with van der Waals surface area (Å²) in [5.41, 5.74) is 1.58. The first-order chi connectivity index (χ1) is 8.78. The summed E-state index contributed by atoms with van der Waals surface area (Å²) >= 11 is 0. The molecule has 104 valence electrons. The molecule has 0 bridgehead atoms. The number of hydrogen-bond donors (Lipinski definition) is 1. The van der Waals surface area contributed by atoms with E-state index in [2.05, 4.69) is 6.58 Å². The van der Waals surface area contributed by atoms with E-state index in [4.69, 9.17) is 0 Å². The first-order valence-electron chi connectivity index (χ1n) is 6.16. The molecule has 0 amide bonds. The third kappa shape index (κ3) is 3.78. The molecule has 1 N–H and O–H groups in total. The minimum atomic E-state index is -3.67. The Morgan fingerprint density at radius 2 is 1.89 bits per heavy atom. The predicted molar refractivity (Wildman–Crippen MR) is 77.6 cm³/mol. The molecular weight excluding hydrogens is 260 g/mol. The van der Waals surface area contributed by atoms with Crippen LogP contribution in [0.4, 0.5) is 0 Å². The van der Waals surface area contributed by atoms with Crippen LogP contribution in [0.15, 0.2) is 52.3 Å². The van der Waals surface area contributed by atoms with E-state index in [-0.39, 0.29) is 9.80 Å². The second-order valence-corrected chi connectivity index (χ2v) is 6.58. The number of sulfone groups is 1. The highest BCUT2D eigenvalue weighted by atomic mass is 32.2. The Hall–Kier alpha value is -1.39. The summed E-state index contributed by atoms with van der Waals surface area (Å²) in [6.07, 6.45) is 0.760. The number of aliphatic hydroxyl groups is 1. The summed E-state index contributed by atoms with van der Waals surface area (Å²) in [4.78, 5) is 0.199. The maximum Gasteiger partial charge on any atom is 0.205 e. The summed E-state index contributed by atoms with van der Waals surface area (Å²) in [5, 5.41) is 9.93. The van der Waals surface area contributed by atoms with Gasteiger partial charge < -0.3 is 5.11 Å². The molecule has 4 heteroatoms. The zero-order chi connectivity index (χ0) is 14.6. The van der Waals surface area contributed by atoms with Crippen molar-refractivity contribution in [3.63, 3.8) is 0 Å². The minimum absolute atomic E-state index is 0.00588. The van der Waals surface area contributed by atoms with Crippen molar-refractivity contribution in [3.05, 3.63) is 53.0 Å². The minimum Gasteiger partial charge on any atom is -0.388 e. The predicted octanol–water partition coefficient (Wildman–Crippen LogP) is 3.00. The van der Waals surface area contributed by atoms with E-state index < -0.39 is 15.9 Å². The third-order valence-electron chi connectivity index (χ3n) is 2.75. The molecule has 1 aromatic rings. The maximum atomic E-state index is 12.5. The highest BCUT2D eigenvalue weighted by Crippen LogP contribution is 2.24. The SMILES string of the molecule is C=C(C)/C=C(\[C@@H](O)CC)S(=O)(=O)c1ccc(C)cc1. The molecule has 1 rings (SSSR count). The Morgan fingerprint density at radius 3 is 2.32 bits per heavy atom. The van der Waals surface area contributed by atoms with E-state index in [1.54, 1.807) is 38.1 Å². The normalized spacial score (nSPS) is 14.2. The Balaban J connectivity index is 3.36. The maximum absolute atomic E-state index is 12.5. The van der Waals surface area contributed by atoms with Crippen molar-refractivity contribution >= 4 is 9.84 Å². The number of hydrogen-bond acceptors (Lipinski definition) is 3. The van der Waals surface area contributed by atoms with E-state index >= 15 is 0 Å². The average molecular weight is 280 g/mol. The van der Waals surface area contributed by atoms with Gasteiger partial charge in [0, 0.05) is 0 Å². The summed E-state index contributed by atoms with van der Waals surface area (Å²) in [5.74, 6) is 0. The summed E-state index contributed by atoms with van der Waals surface area (Å²) in [6.45, 7) is 9.01. The molecule has 0 aliphatic rings. The van der Waals surface area contributed by atoms with Gasteiger partial charge in [0.1, 0.15) is 0 Å². The van der Waals surface area contributed by atoms with Crippen LogP contribution in [0.25, 0.3) is 0 Å². The van der Waals surface area contributed by atoms with Gasteiger partial charge in [0.05, 0.1) is 15.9 Å². The number of allylic oxidation sites excluding steroid dienone is 2. The monoisotopic (exact) mass is 280 g/mol. The topological polar surface area (TPSA) is 54.4 Å². The Bertz CT molecular complexity index is 580. The zero-order valence-electron chi connectivity index (χ0n) is 11.6. The molecule has 19 heavy (non-hydrogen) atoms. The van der Waals surface area contributed by atoms with Crippen LogP contribution in [0, 0.1) is 6.92 Å². The highest BCUT2D eigenvalue weighted by molar-refractivity contribution is 7.95. The summed E-state index contributed by atoms with van der Waals surface area (Å²) in [7, 11) is -3.67. The van der Waals surface area contributed by atoms with Crippen LogP contribution in [-0.2, 0) is 9.84 Å². The van der Waals surface area contributed by atoms with Crippen molar-refractivity contribution in [3.8, 4) is 0 Å². The van der Waals surface area contributed by atoms with Crippen LogP contribution in [0.5, 0.6) is 0 Å². The van der Waals surface area contributed by atoms with Gasteiger partial charge in [-0.1, -0.05) is 36.8 Å². The molecule has 1 aromatic carbocycles. The van der Waals surface area contributed by atoms with E-state index in [1.165, 1.54) is 6.08 Å². The van der Waals surface area contributed by atoms with Gasteiger partial charge in [-0.15, -0.1) is 0 Å². The molecule has 0 aliphatic heterocycles. The zero-order valence-corrected chi connectivity index (χ0v) is 12.4. The summed E-state index contributed by atoms with van der Waals surface area (Å²) < 4.78 is 25.0. The molecule has 3 nitrogen and oxygen atoms in total. The van der Waals surface area contributed by atoms with Gasteiger partial charge >= 0.3 is 0 Å². The standard InChI is InChI=1S/C15H20O3S/c1-5-14(16)15(10-11(2)3)19(17,18)13-8-6-12(4)7-9-13/h6-10,14,16H,2,5H2,1,3-4H3/b15-10+/t14-/m0/s1. The van der Waals surface area contributed by atoms with Gasteiger partial charge in [0.15, 0.2) is 0 Å². The second kappa shape index (κ2) is 6.17. The van der Waals surface area contributed by atoms with Gasteiger partial charge in [0.2, 0.25) is 9.84 Å². The fourth-order valence-electron chi connectivity index (χ4n) is 1.65. The Kier molecular flexibility index (Phi) is 5.09. The molecule has 0 aromatic heterocycles. The van der Waals surface area contributed by atoms with Gasteiger partial charge in [0.25, 0.3) is 0 Å². The number of benzene rings is 1. The lowest BCUT2D eigenvalue weighted by Gasteiger charge is -2.14. The molecule has 0 fully saturated rings. The second-order valence-electron chi connectivity index (χ2n) is 4.63. The Labute approximate surface area is 115 Å². The first-order valence-corrected chi connectivity index (χ1v) is 7.64. The van der Waals surface area contributed by atoms with E-state index in [0.29, 0.717) is 12.0 Å².